The molecule has 1 amide bonds. The van der Waals surface area contributed by atoms with Crippen molar-refractivity contribution in [3.63, 3.8) is 0 Å². The second-order valence-electron chi connectivity index (χ2n) is 5.05. The van der Waals surface area contributed by atoms with Crippen LogP contribution in [-0.2, 0) is 0 Å². The Morgan fingerprint density at radius 1 is 1.42 bits per heavy atom. The quantitative estimate of drug-likeness (QED) is 0.896. The van der Waals surface area contributed by atoms with Gasteiger partial charge < -0.3 is 9.73 Å². The number of benzene rings is 1. The number of hydrogen-bond donors (Lipinski definition) is 1. The van der Waals surface area contributed by atoms with E-state index in [4.69, 9.17) is 9.68 Å². The molecule has 1 N–H and O–H groups in total. The van der Waals surface area contributed by atoms with Gasteiger partial charge >= 0.3 is 0 Å². The van der Waals surface area contributed by atoms with Crippen molar-refractivity contribution in [2.75, 3.05) is 0 Å². The Kier molecular flexibility index (Phi) is 2.56. The number of fused-ring (bicyclic) bond motifs is 1. The van der Waals surface area contributed by atoms with Crippen molar-refractivity contribution in [3.05, 3.63) is 35.6 Å². The number of amides is 1. The molecule has 4 nitrogen and oxygen atoms in total. The number of aryl methyl sites for hydroxylation is 1. The number of hydrogen-bond acceptors (Lipinski definition) is 3. The topological polar surface area (TPSA) is 66.0 Å². The first-order chi connectivity index (χ1) is 9.15. The summed E-state index contributed by atoms with van der Waals surface area (Å²) in [5.41, 5.74) is 0.827. The Hall–Kier alpha value is -2.28. The lowest BCUT2D eigenvalue weighted by molar-refractivity contribution is 0.0854. The zero-order valence-corrected chi connectivity index (χ0v) is 10.7. The highest BCUT2D eigenvalue weighted by atomic mass is 16.3. The minimum absolute atomic E-state index is 0.296. The number of rotatable bonds is 2. The standard InChI is InChI=1S/C15H14N2O2/c1-10-11-5-2-3-6-12(11)19-13(10)14(18)17-15(9-16)7-4-8-15/h2-3,5-6H,4,7-8H2,1H3,(H,17,18). The van der Waals surface area contributed by atoms with Gasteiger partial charge in [-0.1, -0.05) is 18.2 Å². The largest absolute Gasteiger partial charge is 0.451 e. The second kappa shape index (κ2) is 4.13. The average Bonchev–Trinajstić information content (AvgIpc) is 2.72. The van der Waals surface area contributed by atoms with E-state index in [1.165, 1.54) is 0 Å². The van der Waals surface area contributed by atoms with E-state index in [1.54, 1.807) is 0 Å². The van der Waals surface area contributed by atoms with E-state index >= 15 is 0 Å². The van der Waals surface area contributed by atoms with Gasteiger partial charge in [0.25, 0.3) is 5.91 Å². The second-order valence-corrected chi connectivity index (χ2v) is 5.05. The molecule has 2 aromatic rings. The molecule has 0 aliphatic heterocycles. The monoisotopic (exact) mass is 254 g/mol. The van der Waals surface area contributed by atoms with Gasteiger partial charge in [0.15, 0.2) is 5.76 Å². The molecular weight excluding hydrogens is 240 g/mol. The first-order valence-corrected chi connectivity index (χ1v) is 6.37. The van der Waals surface area contributed by atoms with Gasteiger partial charge in [-0.3, -0.25) is 4.79 Å². The predicted octanol–water partition coefficient (Wildman–Crippen LogP) is 2.92. The summed E-state index contributed by atoms with van der Waals surface area (Å²) in [6.07, 6.45) is 2.41. The maximum absolute atomic E-state index is 12.2. The lowest BCUT2D eigenvalue weighted by atomic mass is 9.78. The molecule has 1 saturated carbocycles. The van der Waals surface area contributed by atoms with Crippen LogP contribution in [0.5, 0.6) is 0 Å². The molecule has 1 heterocycles. The molecule has 4 heteroatoms. The molecule has 3 rings (SSSR count). The van der Waals surface area contributed by atoms with Crippen molar-refractivity contribution in [2.24, 2.45) is 0 Å². The van der Waals surface area contributed by atoms with Crippen LogP contribution in [-0.4, -0.2) is 11.4 Å². The third-order valence-corrected chi connectivity index (χ3v) is 3.82. The summed E-state index contributed by atoms with van der Waals surface area (Å²) in [5, 5.41) is 12.9. The van der Waals surface area contributed by atoms with Crippen LogP contribution in [0.4, 0.5) is 0 Å². The molecule has 0 unspecified atom stereocenters. The van der Waals surface area contributed by atoms with Crippen molar-refractivity contribution < 1.29 is 9.21 Å². The summed E-state index contributed by atoms with van der Waals surface area (Å²) in [7, 11) is 0. The number of nitrogens with one attached hydrogen (secondary N) is 1. The van der Waals surface area contributed by atoms with E-state index in [-0.39, 0.29) is 5.91 Å². The maximum Gasteiger partial charge on any atom is 0.288 e. The smallest absolute Gasteiger partial charge is 0.288 e. The van der Waals surface area contributed by atoms with Crippen LogP contribution in [0.1, 0.15) is 35.4 Å². The number of furan rings is 1. The highest BCUT2D eigenvalue weighted by molar-refractivity contribution is 5.99. The van der Waals surface area contributed by atoms with Gasteiger partial charge in [-0.05, 0) is 32.3 Å². The molecule has 1 fully saturated rings. The molecule has 1 aliphatic carbocycles. The first kappa shape index (κ1) is 11.8. The fraction of sp³-hybridized carbons (Fsp3) is 0.333. The normalized spacial score (nSPS) is 16.6. The lowest BCUT2D eigenvalue weighted by Crippen LogP contribution is -2.52. The lowest BCUT2D eigenvalue weighted by Gasteiger charge is -2.35. The third-order valence-electron chi connectivity index (χ3n) is 3.82. The highest BCUT2D eigenvalue weighted by Gasteiger charge is 2.39. The predicted molar refractivity (Wildman–Crippen MR) is 70.6 cm³/mol. The van der Waals surface area contributed by atoms with Gasteiger partial charge in [0.1, 0.15) is 11.1 Å². The van der Waals surface area contributed by atoms with Crippen LogP contribution < -0.4 is 5.32 Å². The van der Waals surface area contributed by atoms with Crippen LogP contribution in [0.15, 0.2) is 28.7 Å². The number of carbonyl (C=O) groups excluding carboxylic acids is 1. The molecule has 19 heavy (non-hydrogen) atoms. The van der Waals surface area contributed by atoms with E-state index in [9.17, 15) is 4.79 Å². The van der Waals surface area contributed by atoms with Crippen LogP contribution in [0, 0.1) is 18.3 Å². The van der Waals surface area contributed by atoms with E-state index in [0.29, 0.717) is 24.2 Å². The average molecular weight is 254 g/mol. The Morgan fingerprint density at radius 2 is 2.16 bits per heavy atom. The van der Waals surface area contributed by atoms with Crippen molar-refractivity contribution in [3.8, 4) is 6.07 Å². The zero-order chi connectivity index (χ0) is 13.5. The molecule has 1 aromatic carbocycles. The third kappa shape index (κ3) is 1.78. The van der Waals surface area contributed by atoms with Crippen LogP contribution in [0.3, 0.4) is 0 Å². The van der Waals surface area contributed by atoms with E-state index in [1.807, 2.05) is 31.2 Å². The SMILES string of the molecule is Cc1c(C(=O)NC2(C#N)CCC2)oc2ccccc12. The molecule has 96 valence electrons. The van der Waals surface area contributed by atoms with E-state index < -0.39 is 5.54 Å². The van der Waals surface area contributed by atoms with Crippen LogP contribution in [0.2, 0.25) is 0 Å². The molecule has 0 bridgehead atoms. The van der Waals surface area contributed by atoms with Crippen molar-refractivity contribution in [1.29, 1.82) is 5.26 Å². The van der Waals surface area contributed by atoms with Gasteiger partial charge in [0, 0.05) is 10.9 Å². The van der Waals surface area contributed by atoms with Gasteiger partial charge in [-0.25, -0.2) is 0 Å². The highest BCUT2D eigenvalue weighted by Crippen LogP contribution is 2.32. The Balaban J connectivity index is 1.94. The van der Waals surface area contributed by atoms with Crippen molar-refractivity contribution in [2.45, 2.75) is 31.7 Å². The van der Waals surface area contributed by atoms with Gasteiger partial charge in [0.05, 0.1) is 6.07 Å². The molecule has 1 aliphatic rings. The van der Waals surface area contributed by atoms with Gasteiger partial charge in [-0.2, -0.15) is 5.26 Å². The molecule has 0 saturated heterocycles. The van der Waals surface area contributed by atoms with Gasteiger partial charge in [-0.15, -0.1) is 0 Å². The van der Waals surface area contributed by atoms with Crippen molar-refractivity contribution in [1.82, 2.24) is 5.32 Å². The molecule has 0 atom stereocenters. The summed E-state index contributed by atoms with van der Waals surface area (Å²) in [4.78, 5) is 12.2. The Morgan fingerprint density at radius 3 is 2.74 bits per heavy atom. The number of nitrogens with zero attached hydrogens (tertiary/aromatic N) is 1. The summed E-state index contributed by atoms with van der Waals surface area (Å²) < 4.78 is 5.60. The number of carbonyl (C=O) groups is 1. The van der Waals surface area contributed by atoms with Crippen LogP contribution >= 0.6 is 0 Å². The maximum atomic E-state index is 12.2. The fourth-order valence-electron chi connectivity index (χ4n) is 2.46. The van der Waals surface area contributed by atoms with Crippen molar-refractivity contribution >= 4 is 16.9 Å². The molecular formula is C15H14N2O2. The molecule has 1 aromatic heterocycles. The van der Waals surface area contributed by atoms with Gasteiger partial charge in [0.2, 0.25) is 0 Å². The summed E-state index contributed by atoms with van der Waals surface area (Å²) in [6.45, 7) is 1.86. The summed E-state index contributed by atoms with van der Waals surface area (Å²) in [5.74, 6) is 0.0117. The Bertz CT molecular complexity index is 690. The van der Waals surface area contributed by atoms with Crippen LogP contribution in [0.25, 0.3) is 11.0 Å². The minimum Gasteiger partial charge on any atom is -0.451 e. The summed E-state index contributed by atoms with van der Waals surface area (Å²) >= 11 is 0. The van der Waals surface area contributed by atoms with E-state index in [2.05, 4.69) is 11.4 Å². The fourth-order valence-corrected chi connectivity index (χ4v) is 2.46. The molecule has 0 spiro atoms. The minimum atomic E-state index is -0.692. The number of para-hydroxylation sites is 1. The first-order valence-electron chi connectivity index (χ1n) is 6.37. The molecule has 0 radical (unpaired) electrons. The number of nitriles is 1. The zero-order valence-electron chi connectivity index (χ0n) is 10.7. The van der Waals surface area contributed by atoms with E-state index in [0.717, 1.165) is 17.4 Å². The summed E-state index contributed by atoms with van der Waals surface area (Å²) in [6, 6.07) is 9.74. The Labute approximate surface area is 111 Å².